The second-order valence-electron chi connectivity index (χ2n) is 5.31. The normalized spacial score (nSPS) is 10.5. The lowest BCUT2D eigenvalue weighted by Gasteiger charge is -2.17. The van der Waals surface area contributed by atoms with Gasteiger partial charge in [0.15, 0.2) is 12.2 Å². The summed E-state index contributed by atoms with van der Waals surface area (Å²) >= 11 is 0. The van der Waals surface area contributed by atoms with Crippen molar-refractivity contribution in [3.63, 3.8) is 0 Å². The molecule has 3 N–H and O–H groups in total. The van der Waals surface area contributed by atoms with Crippen molar-refractivity contribution in [3.8, 4) is 0 Å². The van der Waals surface area contributed by atoms with Crippen molar-refractivity contribution in [2.75, 3.05) is 36.8 Å². The second-order valence-corrected chi connectivity index (χ2v) is 5.31. The van der Waals surface area contributed by atoms with Gasteiger partial charge in [-0.1, -0.05) is 13.8 Å². The molecule has 1 aromatic carbocycles. The van der Waals surface area contributed by atoms with Crippen LogP contribution in [0.1, 0.15) is 24.2 Å². The summed E-state index contributed by atoms with van der Waals surface area (Å²) in [5, 5.41) is 8.06. The van der Waals surface area contributed by atoms with E-state index in [1.54, 1.807) is 24.3 Å². The lowest BCUT2D eigenvalue weighted by Crippen LogP contribution is -2.34. The maximum Gasteiger partial charge on any atom is 0.324 e. The standard InChI is InChI=1S/C17H23N5O3/c1-3-22(4-2)10-9-18-16(23)13-5-7-14(8-6-13)20-17(24)21-15-11-25-12-19-15/h5-8,11-12H,3-4,9-10H2,1-2H3,(H,18,23)(H2,20,21,24). The van der Waals surface area contributed by atoms with Crippen LogP contribution in [0.5, 0.6) is 0 Å². The van der Waals surface area contributed by atoms with Gasteiger partial charge in [0.05, 0.1) is 0 Å². The molecule has 3 amide bonds. The highest BCUT2D eigenvalue weighted by Crippen LogP contribution is 2.10. The Morgan fingerprint density at radius 3 is 2.44 bits per heavy atom. The lowest BCUT2D eigenvalue weighted by molar-refractivity contribution is 0.0949. The number of anilines is 2. The predicted octanol–water partition coefficient (Wildman–Crippen LogP) is 2.39. The number of nitrogens with zero attached hydrogens (tertiary/aromatic N) is 2. The molecule has 0 radical (unpaired) electrons. The van der Waals surface area contributed by atoms with Gasteiger partial charge in [0, 0.05) is 24.3 Å². The zero-order valence-corrected chi connectivity index (χ0v) is 14.4. The molecule has 8 nitrogen and oxygen atoms in total. The van der Waals surface area contributed by atoms with Crippen molar-refractivity contribution >= 4 is 23.4 Å². The fourth-order valence-corrected chi connectivity index (χ4v) is 2.23. The molecule has 0 aliphatic heterocycles. The summed E-state index contributed by atoms with van der Waals surface area (Å²) in [6.45, 7) is 7.53. The Morgan fingerprint density at radius 2 is 1.84 bits per heavy atom. The number of aromatic nitrogens is 1. The molecule has 0 saturated carbocycles. The molecule has 1 heterocycles. The molecule has 0 saturated heterocycles. The van der Waals surface area contributed by atoms with E-state index < -0.39 is 6.03 Å². The van der Waals surface area contributed by atoms with Crippen molar-refractivity contribution in [2.24, 2.45) is 0 Å². The van der Waals surface area contributed by atoms with Gasteiger partial charge in [-0.3, -0.25) is 10.1 Å². The largest absolute Gasteiger partial charge is 0.449 e. The van der Waals surface area contributed by atoms with Gasteiger partial charge in [0.2, 0.25) is 0 Å². The maximum absolute atomic E-state index is 12.1. The van der Waals surface area contributed by atoms with Gasteiger partial charge in [-0.05, 0) is 37.4 Å². The van der Waals surface area contributed by atoms with Crippen LogP contribution in [0.2, 0.25) is 0 Å². The SMILES string of the molecule is CCN(CC)CCNC(=O)c1ccc(NC(=O)Nc2cocn2)cc1. The molecule has 134 valence electrons. The fourth-order valence-electron chi connectivity index (χ4n) is 2.23. The van der Waals surface area contributed by atoms with Crippen molar-refractivity contribution < 1.29 is 14.0 Å². The minimum atomic E-state index is -0.440. The van der Waals surface area contributed by atoms with E-state index in [4.69, 9.17) is 4.42 Å². The molecule has 2 rings (SSSR count). The third-order valence-corrected chi connectivity index (χ3v) is 3.69. The third-order valence-electron chi connectivity index (χ3n) is 3.69. The minimum absolute atomic E-state index is 0.134. The molecular formula is C17H23N5O3. The first-order valence-corrected chi connectivity index (χ1v) is 8.19. The first-order valence-electron chi connectivity index (χ1n) is 8.19. The highest BCUT2D eigenvalue weighted by atomic mass is 16.3. The number of hydrogen-bond acceptors (Lipinski definition) is 5. The lowest BCUT2D eigenvalue weighted by atomic mass is 10.2. The van der Waals surface area contributed by atoms with E-state index in [1.807, 2.05) is 0 Å². The van der Waals surface area contributed by atoms with Crippen LogP contribution in [0.15, 0.2) is 41.3 Å². The van der Waals surface area contributed by atoms with Crippen LogP contribution in [0, 0.1) is 0 Å². The molecule has 8 heteroatoms. The highest BCUT2D eigenvalue weighted by molar-refractivity contribution is 5.99. The third kappa shape index (κ3) is 5.92. The molecule has 0 unspecified atom stereocenters. The number of hydrogen-bond donors (Lipinski definition) is 3. The Kier molecular flexibility index (Phi) is 6.97. The number of oxazole rings is 1. The molecule has 0 aliphatic carbocycles. The average Bonchev–Trinajstić information content (AvgIpc) is 3.12. The van der Waals surface area contributed by atoms with Gasteiger partial charge in [-0.15, -0.1) is 0 Å². The summed E-state index contributed by atoms with van der Waals surface area (Å²) in [6.07, 6.45) is 2.55. The summed E-state index contributed by atoms with van der Waals surface area (Å²) < 4.78 is 4.77. The van der Waals surface area contributed by atoms with Crippen LogP contribution < -0.4 is 16.0 Å². The van der Waals surface area contributed by atoms with Gasteiger partial charge in [-0.2, -0.15) is 4.98 Å². The van der Waals surface area contributed by atoms with Crippen molar-refractivity contribution in [3.05, 3.63) is 42.5 Å². The Balaban J connectivity index is 1.80. The van der Waals surface area contributed by atoms with Crippen LogP contribution >= 0.6 is 0 Å². The first kappa shape index (κ1) is 18.5. The number of rotatable bonds is 8. The molecule has 25 heavy (non-hydrogen) atoms. The Labute approximate surface area is 146 Å². The summed E-state index contributed by atoms with van der Waals surface area (Å²) in [4.78, 5) is 29.9. The van der Waals surface area contributed by atoms with E-state index in [9.17, 15) is 9.59 Å². The predicted molar refractivity (Wildman–Crippen MR) is 95.7 cm³/mol. The molecular weight excluding hydrogens is 322 g/mol. The molecule has 1 aromatic heterocycles. The second kappa shape index (κ2) is 9.43. The van der Waals surface area contributed by atoms with E-state index in [1.165, 1.54) is 12.7 Å². The number of benzene rings is 1. The van der Waals surface area contributed by atoms with Crippen LogP contribution in [0.25, 0.3) is 0 Å². The smallest absolute Gasteiger partial charge is 0.324 e. The van der Waals surface area contributed by atoms with Gasteiger partial charge >= 0.3 is 6.03 Å². The van der Waals surface area contributed by atoms with Crippen LogP contribution in [-0.2, 0) is 0 Å². The first-order chi connectivity index (χ1) is 12.1. The van der Waals surface area contributed by atoms with Gasteiger partial charge in [0.25, 0.3) is 5.91 Å². The van der Waals surface area contributed by atoms with Crippen molar-refractivity contribution in [1.29, 1.82) is 0 Å². The van der Waals surface area contributed by atoms with E-state index in [2.05, 4.69) is 39.7 Å². The minimum Gasteiger partial charge on any atom is -0.449 e. The Hall–Kier alpha value is -2.87. The monoisotopic (exact) mass is 345 g/mol. The molecule has 0 spiro atoms. The fraction of sp³-hybridized carbons (Fsp3) is 0.353. The van der Waals surface area contributed by atoms with Gasteiger partial charge in [0.1, 0.15) is 6.26 Å². The summed E-state index contributed by atoms with van der Waals surface area (Å²) in [5.74, 6) is 0.187. The quantitative estimate of drug-likeness (QED) is 0.682. The number of carbonyl (C=O) groups is 2. The van der Waals surface area contributed by atoms with Gasteiger partial charge < -0.3 is 20.0 Å². The topological polar surface area (TPSA) is 99.5 Å². The summed E-state index contributed by atoms with van der Waals surface area (Å²) in [5.41, 5.74) is 1.11. The maximum atomic E-state index is 12.1. The number of urea groups is 1. The van der Waals surface area contributed by atoms with Crippen LogP contribution in [0.3, 0.4) is 0 Å². The highest BCUT2D eigenvalue weighted by Gasteiger charge is 2.08. The molecule has 2 aromatic rings. The molecule has 0 fully saturated rings. The number of nitrogens with one attached hydrogen (secondary N) is 3. The number of amides is 3. The zero-order valence-electron chi connectivity index (χ0n) is 14.4. The zero-order chi connectivity index (χ0) is 18.1. The molecule has 0 aliphatic rings. The average molecular weight is 345 g/mol. The Bertz CT molecular complexity index is 666. The summed E-state index contributed by atoms with van der Waals surface area (Å²) in [6, 6.07) is 6.23. The van der Waals surface area contributed by atoms with E-state index in [0.29, 0.717) is 23.6 Å². The van der Waals surface area contributed by atoms with Crippen molar-refractivity contribution in [1.82, 2.24) is 15.2 Å². The van der Waals surface area contributed by atoms with Crippen molar-refractivity contribution in [2.45, 2.75) is 13.8 Å². The van der Waals surface area contributed by atoms with E-state index in [-0.39, 0.29) is 5.91 Å². The van der Waals surface area contributed by atoms with Crippen LogP contribution in [0.4, 0.5) is 16.3 Å². The number of likely N-dealkylation sites (N-methyl/N-ethyl adjacent to an activating group) is 1. The Morgan fingerprint density at radius 1 is 1.12 bits per heavy atom. The van der Waals surface area contributed by atoms with E-state index in [0.717, 1.165) is 19.6 Å². The molecule has 0 bridgehead atoms. The summed E-state index contributed by atoms with van der Waals surface area (Å²) in [7, 11) is 0. The van der Waals surface area contributed by atoms with Gasteiger partial charge in [-0.25, -0.2) is 4.79 Å². The molecule has 0 atom stereocenters. The van der Waals surface area contributed by atoms with Crippen LogP contribution in [-0.4, -0.2) is 48.0 Å². The van der Waals surface area contributed by atoms with E-state index >= 15 is 0 Å². The number of carbonyl (C=O) groups excluding carboxylic acids is 2.